The van der Waals surface area contributed by atoms with Crippen LogP contribution in [0.1, 0.15) is 24.9 Å². The van der Waals surface area contributed by atoms with E-state index >= 15 is 0 Å². The summed E-state index contributed by atoms with van der Waals surface area (Å²) in [5.41, 5.74) is 1.40. The third-order valence-corrected chi connectivity index (χ3v) is 3.35. The lowest BCUT2D eigenvalue weighted by Crippen LogP contribution is -2.13. The summed E-state index contributed by atoms with van der Waals surface area (Å²) in [5, 5.41) is 3.53. The molecule has 70 valence electrons. The van der Waals surface area contributed by atoms with E-state index in [4.69, 9.17) is 0 Å². The van der Waals surface area contributed by atoms with Gasteiger partial charge in [0, 0.05) is 10.5 Å². The highest BCUT2D eigenvalue weighted by Crippen LogP contribution is 2.31. The molecule has 0 aromatic heterocycles. The quantitative estimate of drug-likeness (QED) is 0.795. The van der Waals surface area contributed by atoms with Gasteiger partial charge in [-0.2, -0.15) is 0 Å². The summed E-state index contributed by atoms with van der Waals surface area (Å²) in [6.45, 7) is 3.44. The topological polar surface area (TPSA) is 12.0 Å². The highest BCUT2D eigenvalue weighted by atomic mass is 79.9. The van der Waals surface area contributed by atoms with Gasteiger partial charge in [-0.05, 0) is 30.5 Å². The molecule has 0 bridgehead atoms. The number of nitrogens with one attached hydrogen (secondary N) is 1. The molecule has 2 atom stereocenters. The van der Waals surface area contributed by atoms with Crippen molar-refractivity contribution in [1.82, 2.24) is 5.32 Å². The monoisotopic (exact) mass is 239 g/mol. The lowest BCUT2D eigenvalue weighted by atomic mass is 10.0. The van der Waals surface area contributed by atoms with E-state index in [0.29, 0.717) is 6.04 Å². The lowest BCUT2D eigenvalue weighted by Gasteiger charge is -2.12. The van der Waals surface area contributed by atoms with E-state index in [2.05, 4.69) is 52.4 Å². The van der Waals surface area contributed by atoms with Crippen molar-refractivity contribution in [3.8, 4) is 0 Å². The summed E-state index contributed by atoms with van der Waals surface area (Å²) >= 11 is 3.59. The average molecular weight is 240 g/mol. The fourth-order valence-electron chi connectivity index (χ4n) is 1.91. The number of benzene rings is 1. The van der Waals surface area contributed by atoms with Gasteiger partial charge < -0.3 is 5.32 Å². The van der Waals surface area contributed by atoms with Gasteiger partial charge in [0.05, 0.1) is 0 Å². The molecule has 0 radical (unpaired) electrons. The Bertz CT molecular complexity index is 298. The van der Waals surface area contributed by atoms with Crippen molar-refractivity contribution >= 4 is 15.9 Å². The maximum Gasteiger partial charge on any atom is 0.0334 e. The Labute approximate surface area is 87.7 Å². The molecule has 1 aromatic carbocycles. The van der Waals surface area contributed by atoms with Gasteiger partial charge in [0.2, 0.25) is 0 Å². The van der Waals surface area contributed by atoms with Crippen LogP contribution in [-0.2, 0) is 0 Å². The Morgan fingerprint density at radius 1 is 1.38 bits per heavy atom. The van der Waals surface area contributed by atoms with Crippen LogP contribution in [0.25, 0.3) is 0 Å². The van der Waals surface area contributed by atoms with Gasteiger partial charge in [-0.3, -0.25) is 0 Å². The molecule has 0 spiro atoms. The molecule has 13 heavy (non-hydrogen) atoms. The van der Waals surface area contributed by atoms with Gasteiger partial charge >= 0.3 is 0 Å². The number of hydrogen-bond donors (Lipinski definition) is 1. The second-order valence-electron chi connectivity index (χ2n) is 3.82. The molecule has 1 aliphatic rings. The normalized spacial score (nSPS) is 27.8. The van der Waals surface area contributed by atoms with Crippen LogP contribution in [0, 0.1) is 5.92 Å². The van der Waals surface area contributed by atoms with Crippen molar-refractivity contribution in [2.24, 2.45) is 5.92 Å². The zero-order valence-electron chi connectivity index (χ0n) is 7.76. The van der Waals surface area contributed by atoms with Crippen LogP contribution in [0.15, 0.2) is 28.7 Å². The zero-order chi connectivity index (χ0) is 9.26. The second-order valence-corrected chi connectivity index (χ2v) is 4.68. The Morgan fingerprint density at radius 2 is 2.15 bits per heavy atom. The third-order valence-electron chi connectivity index (χ3n) is 2.63. The van der Waals surface area contributed by atoms with E-state index in [1.807, 2.05) is 0 Å². The summed E-state index contributed by atoms with van der Waals surface area (Å²) in [6.07, 6.45) is 1.25. The van der Waals surface area contributed by atoms with Gasteiger partial charge in [0.25, 0.3) is 0 Å². The van der Waals surface area contributed by atoms with Crippen LogP contribution in [0.3, 0.4) is 0 Å². The molecule has 1 nitrogen and oxygen atoms in total. The molecular weight excluding hydrogens is 226 g/mol. The molecule has 1 N–H and O–H groups in total. The van der Waals surface area contributed by atoms with Gasteiger partial charge in [0.15, 0.2) is 0 Å². The minimum Gasteiger partial charge on any atom is -0.310 e. The summed E-state index contributed by atoms with van der Waals surface area (Å²) in [5.74, 6) is 0.803. The Hall–Kier alpha value is -0.340. The van der Waals surface area contributed by atoms with Gasteiger partial charge in [-0.15, -0.1) is 0 Å². The second kappa shape index (κ2) is 3.81. The minimum atomic E-state index is 0.547. The fourth-order valence-corrected chi connectivity index (χ4v) is 2.47. The third kappa shape index (κ3) is 1.94. The highest BCUT2D eigenvalue weighted by molar-refractivity contribution is 9.10. The van der Waals surface area contributed by atoms with Crippen molar-refractivity contribution in [1.29, 1.82) is 0 Å². The molecule has 1 fully saturated rings. The van der Waals surface area contributed by atoms with Gasteiger partial charge in [-0.25, -0.2) is 0 Å². The molecule has 1 aliphatic heterocycles. The van der Waals surface area contributed by atoms with E-state index in [1.54, 1.807) is 0 Å². The number of rotatable bonds is 1. The van der Waals surface area contributed by atoms with Crippen LogP contribution >= 0.6 is 15.9 Å². The first kappa shape index (κ1) is 9.22. The Balaban J connectivity index is 2.21. The number of halogens is 1. The van der Waals surface area contributed by atoms with E-state index in [9.17, 15) is 0 Å². The molecule has 0 unspecified atom stereocenters. The molecule has 2 heteroatoms. The van der Waals surface area contributed by atoms with Crippen LogP contribution in [0.2, 0.25) is 0 Å². The maximum atomic E-state index is 3.59. The van der Waals surface area contributed by atoms with E-state index in [0.717, 1.165) is 12.5 Å². The number of hydrogen-bond acceptors (Lipinski definition) is 1. The standard InChI is InChI=1S/C11H14BrN/c1-8-6-11(13-7-8)9-4-2-3-5-10(9)12/h2-5,8,11,13H,6-7H2,1H3/t8-,11-/m1/s1. The van der Waals surface area contributed by atoms with Gasteiger partial charge in [0.1, 0.15) is 0 Å². The van der Waals surface area contributed by atoms with Crippen LogP contribution in [-0.4, -0.2) is 6.54 Å². The molecule has 1 heterocycles. The SMILES string of the molecule is C[C@H]1CN[C@@H](c2ccccc2Br)C1. The Morgan fingerprint density at radius 3 is 2.77 bits per heavy atom. The molecule has 1 saturated heterocycles. The first-order chi connectivity index (χ1) is 6.27. The Kier molecular flexibility index (Phi) is 2.70. The van der Waals surface area contributed by atoms with Crippen LogP contribution in [0.5, 0.6) is 0 Å². The van der Waals surface area contributed by atoms with Crippen molar-refractivity contribution in [3.05, 3.63) is 34.3 Å². The maximum absolute atomic E-state index is 3.59. The van der Waals surface area contributed by atoms with Crippen molar-refractivity contribution in [3.63, 3.8) is 0 Å². The predicted octanol–water partition coefficient (Wildman–Crippen LogP) is 3.12. The van der Waals surface area contributed by atoms with E-state index < -0.39 is 0 Å². The largest absolute Gasteiger partial charge is 0.310 e. The summed E-state index contributed by atoms with van der Waals surface area (Å²) in [4.78, 5) is 0. The zero-order valence-corrected chi connectivity index (χ0v) is 9.34. The summed E-state index contributed by atoms with van der Waals surface area (Å²) < 4.78 is 1.22. The summed E-state index contributed by atoms with van der Waals surface area (Å²) in [7, 11) is 0. The minimum absolute atomic E-state index is 0.547. The van der Waals surface area contributed by atoms with E-state index in [1.165, 1.54) is 16.5 Å². The molecule has 0 saturated carbocycles. The molecular formula is C11H14BrN. The predicted molar refractivity (Wildman–Crippen MR) is 58.7 cm³/mol. The van der Waals surface area contributed by atoms with Crippen molar-refractivity contribution < 1.29 is 0 Å². The molecule has 0 aliphatic carbocycles. The van der Waals surface area contributed by atoms with Crippen molar-refractivity contribution in [2.45, 2.75) is 19.4 Å². The smallest absolute Gasteiger partial charge is 0.0334 e. The average Bonchev–Trinajstić information content (AvgIpc) is 2.53. The van der Waals surface area contributed by atoms with E-state index in [-0.39, 0.29) is 0 Å². The first-order valence-electron chi connectivity index (χ1n) is 4.75. The van der Waals surface area contributed by atoms with Crippen LogP contribution < -0.4 is 5.32 Å². The molecule has 0 amide bonds. The summed E-state index contributed by atoms with van der Waals surface area (Å²) in [6, 6.07) is 9.02. The lowest BCUT2D eigenvalue weighted by molar-refractivity contribution is 0.610. The molecule has 1 aromatic rings. The fraction of sp³-hybridized carbons (Fsp3) is 0.455. The first-order valence-corrected chi connectivity index (χ1v) is 5.54. The highest BCUT2D eigenvalue weighted by Gasteiger charge is 2.22. The molecule has 2 rings (SSSR count). The van der Waals surface area contributed by atoms with Gasteiger partial charge in [-0.1, -0.05) is 41.1 Å². The van der Waals surface area contributed by atoms with Crippen molar-refractivity contribution in [2.75, 3.05) is 6.54 Å². The van der Waals surface area contributed by atoms with Crippen LogP contribution in [0.4, 0.5) is 0 Å².